The van der Waals surface area contributed by atoms with Crippen LogP contribution in [0.5, 0.6) is 11.5 Å². The van der Waals surface area contributed by atoms with Crippen molar-refractivity contribution in [2.45, 2.75) is 44.2 Å². The second-order valence-corrected chi connectivity index (χ2v) is 6.80. The predicted octanol–water partition coefficient (Wildman–Crippen LogP) is 2.86. The van der Waals surface area contributed by atoms with Crippen LogP contribution in [0.3, 0.4) is 0 Å². The summed E-state index contributed by atoms with van der Waals surface area (Å²) in [5.74, 6) is 3.00. The number of benzene rings is 1. The zero-order valence-corrected chi connectivity index (χ0v) is 13.0. The number of ether oxygens (including phenoxy) is 2. The van der Waals surface area contributed by atoms with Gasteiger partial charge in [-0.05, 0) is 62.3 Å². The Kier molecular flexibility index (Phi) is 3.47. The maximum absolute atomic E-state index is 12.6. The van der Waals surface area contributed by atoms with Crippen molar-refractivity contribution in [3.05, 3.63) is 24.3 Å². The quantitative estimate of drug-likeness (QED) is 0.839. The number of likely N-dealkylation sites (tertiary alicyclic amines) is 1. The summed E-state index contributed by atoms with van der Waals surface area (Å²) >= 11 is 0. The minimum Gasteiger partial charge on any atom is -0.497 e. The molecule has 0 spiro atoms. The molecular weight excluding hydrogens is 278 g/mol. The van der Waals surface area contributed by atoms with Crippen molar-refractivity contribution in [3.8, 4) is 11.5 Å². The van der Waals surface area contributed by atoms with E-state index in [2.05, 4.69) is 4.90 Å². The Balaban J connectivity index is 1.42. The molecule has 22 heavy (non-hydrogen) atoms. The van der Waals surface area contributed by atoms with Crippen LogP contribution in [0.4, 0.5) is 0 Å². The number of carbonyl (C=O) groups excluding carboxylic acids is 1. The summed E-state index contributed by atoms with van der Waals surface area (Å²) in [6.45, 7) is 0.617. The molecule has 1 aromatic carbocycles. The predicted molar refractivity (Wildman–Crippen MR) is 83.0 cm³/mol. The minimum absolute atomic E-state index is 0.272. The number of carbonyl (C=O) groups is 1. The highest BCUT2D eigenvalue weighted by Gasteiger charge is 2.50. The fourth-order valence-corrected chi connectivity index (χ4v) is 4.05. The van der Waals surface area contributed by atoms with E-state index in [4.69, 9.17) is 9.47 Å². The molecule has 1 aromatic rings. The third-order valence-electron chi connectivity index (χ3n) is 5.40. The van der Waals surface area contributed by atoms with E-state index in [9.17, 15) is 4.79 Å². The third kappa shape index (κ3) is 2.44. The summed E-state index contributed by atoms with van der Waals surface area (Å²) < 4.78 is 11.1. The summed E-state index contributed by atoms with van der Waals surface area (Å²) in [6.07, 6.45) is 5.77. The standard InChI is InChI=1S/C18H23NO3/c1-21-15-6-8-16(9-7-15)22-11-17-13-4-5-14(10-13)19(17)18(20)12-2-3-12/h6-9,12-14,17H,2-5,10-11H2,1H3/t13-,14+,17-/m1/s1. The van der Waals surface area contributed by atoms with Gasteiger partial charge in [0.05, 0.1) is 13.2 Å². The normalized spacial score (nSPS) is 29.7. The number of hydrogen-bond acceptors (Lipinski definition) is 3. The van der Waals surface area contributed by atoms with Gasteiger partial charge in [-0.15, -0.1) is 0 Å². The lowest BCUT2D eigenvalue weighted by Gasteiger charge is -2.35. The second-order valence-electron chi connectivity index (χ2n) is 6.80. The average molecular weight is 301 g/mol. The first kappa shape index (κ1) is 13.9. The van der Waals surface area contributed by atoms with Crippen LogP contribution in [0.15, 0.2) is 24.3 Å². The first-order chi connectivity index (χ1) is 10.8. The maximum Gasteiger partial charge on any atom is 0.226 e. The zero-order valence-electron chi connectivity index (χ0n) is 13.0. The topological polar surface area (TPSA) is 38.8 Å². The Hall–Kier alpha value is -1.71. The smallest absolute Gasteiger partial charge is 0.226 e. The van der Waals surface area contributed by atoms with Crippen LogP contribution in [0, 0.1) is 11.8 Å². The molecule has 1 saturated heterocycles. The molecule has 3 fully saturated rings. The lowest BCUT2D eigenvalue weighted by atomic mass is 9.99. The van der Waals surface area contributed by atoms with E-state index in [1.54, 1.807) is 7.11 Å². The van der Waals surface area contributed by atoms with Gasteiger partial charge in [-0.3, -0.25) is 4.79 Å². The first-order valence-electron chi connectivity index (χ1n) is 8.35. The molecule has 2 bridgehead atoms. The lowest BCUT2D eigenvalue weighted by molar-refractivity contribution is -0.137. The molecule has 0 aromatic heterocycles. The number of rotatable bonds is 5. The Morgan fingerprint density at radius 3 is 2.55 bits per heavy atom. The van der Waals surface area contributed by atoms with Gasteiger partial charge in [0.2, 0.25) is 5.91 Å². The number of fused-ring (bicyclic) bond motifs is 2. The van der Waals surface area contributed by atoms with Gasteiger partial charge in [-0.2, -0.15) is 0 Å². The maximum atomic E-state index is 12.6. The summed E-state index contributed by atoms with van der Waals surface area (Å²) in [6, 6.07) is 8.42. The van der Waals surface area contributed by atoms with Crippen molar-refractivity contribution >= 4 is 5.91 Å². The van der Waals surface area contributed by atoms with Crippen molar-refractivity contribution in [2.75, 3.05) is 13.7 Å². The van der Waals surface area contributed by atoms with E-state index in [0.717, 1.165) is 24.3 Å². The lowest BCUT2D eigenvalue weighted by Crippen LogP contribution is -2.48. The highest BCUT2D eigenvalue weighted by Crippen LogP contribution is 2.45. The number of amides is 1. The fraction of sp³-hybridized carbons (Fsp3) is 0.611. The Morgan fingerprint density at radius 2 is 1.86 bits per heavy atom. The largest absolute Gasteiger partial charge is 0.497 e. The van der Waals surface area contributed by atoms with E-state index >= 15 is 0 Å². The minimum atomic E-state index is 0.272. The number of piperidine rings is 1. The van der Waals surface area contributed by atoms with E-state index in [1.165, 1.54) is 19.3 Å². The monoisotopic (exact) mass is 301 g/mol. The van der Waals surface area contributed by atoms with Crippen LogP contribution in [0.25, 0.3) is 0 Å². The van der Waals surface area contributed by atoms with Gasteiger partial charge < -0.3 is 14.4 Å². The third-order valence-corrected chi connectivity index (χ3v) is 5.40. The molecule has 118 valence electrons. The van der Waals surface area contributed by atoms with E-state index < -0.39 is 0 Å². The van der Waals surface area contributed by atoms with Crippen LogP contribution in [0.2, 0.25) is 0 Å². The molecule has 1 amide bonds. The van der Waals surface area contributed by atoms with Crippen molar-refractivity contribution in [2.24, 2.45) is 11.8 Å². The summed E-state index contributed by atoms with van der Waals surface area (Å²) in [4.78, 5) is 14.7. The Morgan fingerprint density at radius 1 is 1.14 bits per heavy atom. The molecule has 4 nitrogen and oxygen atoms in total. The van der Waals surface area contributed by atoms with E-state index in [-0.39, 0.29) is 6.04 Å². The average Bonchev–Trinajstić information content (AvgIpc) is 3.22. The highest BCUT2D eigenvalue weighted by molar-refractivity contribution is 5.82. The molecule has 4 rings (SSSR count). The van der Waals surface area contributed by atoms with Crippen LogP contribution < -0.4 is 9.47 Å². The van der Waals surface area contributed by atoms with Crippen molar-refractivity contribution in [1.82, 2.24) is 4.90 Å². The molecule has 4 heteroatoms. The fourth-order valence-electron chi connectivity index (χ4n) is 4.05. The second kappa shape index (κ2) is 5.49. The van der Waals surface area contributed by atoms with Crippen molar-refractivity contribution in [3.63, 3.8) is 0 Å². The molecule has 0 unspecified atom stereocenters. The highest BCUT2D eigenvalue weighted by atomic mass is 16.5. The SMILES string of the molecule is COc1ccc(OC[C@@H]2[C@@H]3CC[C@@H](C3)N2C(=O)C2CC2)cc1. The molecule has 3 aliphatic rings. The van der Waals surface area contributed by atoms with Gasteiger partial charge in [0.15, 0.2) is 0 Å². The van der Waals surface area contributed by atoms with Gasteiger partial charge in [0.25, 0.3) is 0 Å². The van der Waals surface area contributed by atoms with Crippen LogP contribution in [-0.2, 0) is 4.79 Å². The number of hydrogen-bond donors (Lipinski definition) is 0. The summed E-state index contributed by atoms with van der Waals surface area (Å²) in [5.41, 5.74) is 0. The van der Waals surface area contributed by atoms with Gasteiger partial charge in [-0.25, -0.2) is 0 Å². The van der Waals surface area contributed by atoms with Gasteiger partial charge in [0.1, 0.15) is 18.1 Å². The van der Waals surface area contributed by atoms with Gasteiger partial charge >= 0.3 is 0 Å². The Bertz CT molecular complexity index is 552. The summed E-state index contributed by atoms with van der Waals surface area (Å²) in [5, 5.41) is 0. The molecule has 0 N–H and O–H groups in total. The molecule has 1 heterocycles. The molecule has 2 saturated carbocycles. The molecule has 2 aliphatic carbocycles. The Labute approximate surface area is 131 Å². The van der Waals surface area contributed by atoms with E-state index in [1.807, 2.05) is 24.3 Å². The molecule has 0 radical (unpaired) electrons. The molecular formula is C18H23NO3. The number of nitrogens with zero attached hydrogens (tertiary/aromatic N) is 1. The van der Waals surface area contributed by atoms with Crippen LogP contribution in [0.1, 0.15) is 32.1 Å². The van der Waals surface area contributed by atoms with Gasteiger partial charge in [0, 0.05) is 12.0 Å². The van der Waals surface area contributed by atoms with Crippen molar-refractivity contribution < 1.29 is 14.3 Å². The van der Waals surface area contributed by atoms with Crippen LogP contribution >= 0.6 is 0 Å². The van der Waals surface area contributed by atoms with Crippen molar-refractivity contribution in [1.29, 1.82) is 0 Å². The van der Waals surface area contributed by atoms with Crippen LogP contribution in [-0.4, -0.2) is 36.6 Å². The zero-order chi connectivity index (χ0) is 15.1. The molecule has 1 aliphatic heterocycles. The first-order valence-corrected chi connectivity index (χ1v) is 8.35. The number of methoxy groups -OCH3 is 1. The molecule has 3 atom stereocenters. The van der Waals surface area contributed by atoms with E-state index in [0.29, 0.717) is 30.4 Å². The van der Waals surface area contributed by atoms with Gasteiger partial charge in [-0.1, -0.05) is 0 Å². The summed E-state index contributed by atoms with van der Waals surface area (Å²) in [7, 11) is 1.66.